The van der Waals surface area contributed by atoms with Crippen molar-refractivity contribution in [3.63, 3.8) is 0 Å². The number of hydrogen-bond donors (Lipinski definition) is 3. The van der Waals surface area contributed by atoms with Crippen LogP contribution in [0.4, 0.5) is 0 Å². The fourth-order valence-electron chi connectivity index (χ4n) is 2.20. The zero-order valence-electron chi connectivity index (χ0n) is 14.8. The average Bonchev–Trinajstić information content (AvgIpc) is 3.11. The summed E-state index contributed by atoms with van der Waals surface area (Å²) in [6.07, 6.45) is 0.730. The van der Waals surface area contributed by atoms with Crippen LogP contribution in [-0.4, -0.2) is 31.6 Å². The predicted molar refractivity (Wildman–Crippen MR) is 102 cm³/mol. The molecule has 0 bridgehead atoms. The first-order valence-electron chi connectivity index (χ1n) is 8.27. The van der Waals surface area contributed by atoms with E-state index in [2.05, 4.69) is 15.6 Å². The minimum absolute atomic E-state index is 0.0708. The van der Waals surface area contributed by atoms with Gasteiger partial charge in [0.15, 0.2) is 11.7 Å². The molecule has 2 rings (SSSR count). The first kappa shape index (κ1) is 19.7. The molecular formula is C18H23ClN4O3. The zero-order valence-corrected chi connectivity index (χ0v) is 15.5. The van der Waals surface area contributed by atoms with E-state index >= 15 is 0 Å². The van der Waals surface area contributed by atoms with Crippen molar-refractivity contribution in [3.8, 4) is 5.75 Å². The molecule has 7 nitrogen and oxygen atoms in total. The number of aliphatic imine (C=N–C) groups is 1. The van der Waals surface area contributed by atoms with E-state index in [9.17, 15) is 4.79 Å². The maximum Gasteiger partial charge on any atom is 0.284 e. The van der Waals surface area contributed by atoms with E-state index in [1.165, 1.54) is 0 Å². The largest absolute Gasteiger partial charge is 0.487 e. The van der Waals surface area contributed by atoms with Gasteiger partial charge >= 0.3 is 0 Å². The molecule has 1 aromatic carbocycles. The fraction of sp³-hybridized carbons (Fsp3) is 0.333. The molecule has 0 fully saturated rings. The lowest BCUT2D eigenvalue weighted by molar-refractivity contribution is 0.0972. The maximum absolute atomic E-state index is 11.0. The lowest BCUT2D eigenvalue weighted by Gasteiger charge is -2.20. The average molecular weight is 379 g/mol. The molecule has 140 valence electrons. The van der Waals surface area contributed by atoms with E-state index in [1.807, 2.05) is 25.1 Å². The summed E-state index contributed by atoms with van der Waals surface area (Å²) >= 11 is 6.13. The molecule has 0 saturated heterocycles. The molecule has 8 heteroatoms. The van der Waals surface area contributed by atoms with Crippen molar-refractivity contribution in [2.75, 3.05) is 13.6 Å². The Morgan fingerprint density at radius 2 is 2.08 bits per heavy atom. The van der Waals surface area contributed by atoms with Crippen LogP contribution in [0.2, 0.25) is 5.02 Å². The highest BCUT2D eigenvalue weighted by atomic mass is 35.5. The molecule has 0 saturated carbocycles. The third kappa shape index (κ3) is 5.70. The van der Waals surface area contributed by atoms with Crippen molar-refractivity contribution < 1.29 is 13.9 Å². The second-order valence-electron chi connectivity index (χ2n) is 5.52. The molecule has 1 aromatic heterocycles. The summed E-state index contributed by atoms with van der Waals surface area (Å²) in [5.41, 5.74) is 5.17. The molecule has 1 unspecified atom stereocenters. The van der Waals surface area contributed by atoms with Gasteiger partial charge in [-0.3, -0.25) is 9.79 Å². The van der Waals surface area contributed by atoms with Crippen molar-refractivity contribution in [1.82, 2.24) is 10.6 Å². The number of ether oxygens (including phenoxy) is 1. The molecule has 2 aromatic rings. The Labute approximate surface area is 157 Å². The predicted octanol–water partition coefficient (Wildman–Crippen LogP) is 2.55. The maximum atomic E-state index is 11.0. The summed E-state index contributed by atoms with van der Waals surface area (Å²) in [7, 11) is 1.67. The Hall–Kier alpha value is -2.67. The molecule has 1 atom stereocenters. The van der Waals surface area contributed by atoms with Gasteiger partial charge in [0.1, 0.15) is 17.6 Å². The fourth-order valence-corrected chi connectivity index (χ4v) is 2.38. The van der Waals surface area contributed by atoms with E-state index < -0.39 is 5.91 Å². The monoisotopic (exact) mass is 378 g/mol. The standard InChI is InChI=1S/C18H23ClN4O3/c1-3-12(25-15-7-5-4-6-14(15)19)10-22-18(21-2)23-11-13-8-9-16(26-13)17(20)24/h4-9,12H,3,10-11H2,1-2H3,(H2,20,24)(H2,21,22,23). The molecule has 26 heavy (non-hydrogen) atoms. The van der Waals surface area contributed by atoms with E-state index in [0.29, 0.717) is 35.6 Å². The number of amides is 1. The Kier molecular flexibility index (Phi) is 7.35. The Balaban J connectivity index is 1.84. The minimum Gasteiger partial charge on any atom is -0.487 e. The summed E-state index contributed by atoms with van der Waals surface area (Å²) in [6, 6.07) is 10.6. The summed E-state index contributed by atoms with van der Waals surface area (Å²) in [5, 5.41) is 6.88. The molecule has 1 amide bonds. The van der Waals surface area contributed by atoms with Crippen molar-refractivity contribution in [2.24, 2.45) is 10.7 Å². The van der Waals surface area contributed by atoms with Crippen LogP contribution in [0.25, 0.3) is 0 Å². The van der Waals surface area contributed by atoms with Crippen LogP contribution < -0.4 is 21.1 Å². The summed E-state index contributed by atoms with van der Waals surface area (Å²) in [4.78, 5) is 15.2. The molecule has 0 spiro atoms. The van der Waals surface area contributed by atoms with Gasteiger partial charge in [-0.1, -0.05) is 30.7 Å². The van der Waals surface area contributed by atoms with Gasteiger partial charge in [0, 0.05) is 7.05 Å². The zero-order chi connectivity index (χ0) is 18.9. The number of carbonyl (C=O) groups is 1. The highest BCUT2D eigenvalue weighted by molar-refractivity contribution is 6.32. The van der Waals surface area contributed by atoms with Gasteiger partial charge in [-0.15, -0.1) is 0 Å². The van der Waals surface area contributed by atoms with Gasteiger partial charge < -0.3 is 25.5 Å². The summed E-state index contributed by atoms with van der Waals surface area (Å²) in [6.45, 7) is 2.95. The number of guanidine groups is 1. The van der Waals surface area contributed by atoms with Crippen molar-refractivity contribution in [1.29, 1.82) is 0 Å². The number of furan rings is 1. The number of nitrogens with two attached hydrogens (primary N) is 1. The van der Waals surface area contributed by atoms with Crippen LogP contribution >= 0.6 is 11.6 Å². The number of nitrogens with zero attached hydrogens (tertiary/aromatic N) is 1. The molecule has 0 aliphatic heterocycles. The van der Waals surface area contributed by atoms with Gasteiger partial charge in [0.2, 0.25) is 0 Å². The second-order valence-corrected chi connectivity index (χ2v) is 5.92. The molecule has 1 heterocycles. The SMILES string of the molecule is CCC(CNC(=NC)NCc1ccc(C(N)=O)o1)Oc1ccccc1Cl. The van der Waals surface area contributed by atoms with Gasteiger partial charge in [-0.2, -0.15) is 0 Å². The number of halogens is 1. The quantitative estimate of drug-likeness (QED) is 0.484. The third-order valence-corrected chi connectivity index (χ3v) is 3.95. The molecular weight excluding hydrogens is 356 g/mol. The number of nitrogens with one attached hydrogen (secondary N) is 2. The summed E-state index contributed by atoms with van der Waals surface area (Å²) in [5.74, 6) is 1.36. The number of hydrogen-bond acceptors (Lipinski definition) is 4. The molecule has 0 radical (unpaired) electrons. The number of para-hydroxylation sites is 1. The van der Waals surface area contributed by atoms with Gasteiger partial charge in [-0.05, 0) is 30.7 Å². The topological polar surface area (TPSA) is 102 Å². The van der Waals surface area contributed by atoms with Gasteiger partial charge in [0.05, 0.1) is 18.1 Å². The Morgan fingerprint density at radius 3 is 2.69 bits per heavy atom. The smallest absolute Gasteiger partial charge is 0.284 e. The molecule has 0 aliphatic rings. The van der Waals surface area contributed by atoms with Crippen LogP contribution in [0.5, 0.6) is 5.75 Å². The Morgan fingerprint density at radius 1 is 1.31 bits per heavy atom. The van der Waals surface area contributed by atoms with Crippen LogP contribution in [0.3, 0.4) is 0 Å². The normalized spacial score (nSPS) is 12.5. The van der Waals surface area contributed by atoms with Crippen molar-refractivity contribution >= 4 is 23.5 Å². The lowest BCUT2D eigenvalue weighted by Crippen LogP contribution is -2.42. The number of carbonyl (C=O) groups excluding carboxylic acids is 1. The van der Waals surface area contributed by atoms with Gasteiger partial charge in [-0.25, -0.2) is 0 Å². The van der Waals surface area contributed by atoms with Crippen LogP contribution in [0, 0.1) is 0 Å². The lowest BCUT2D eigenvalue weighted by atomic mass is 10.2. The number of benzene rings is 1. The second kappa shape index (κ2) is 9.72. The molecule has 4 N–H and O–H groups in total. The summed E-state index contributed by atoms with van der Waals surface area (Å²) < 4.78 is 11.3. The van der Waals surface area contributed by atoms with Crippen molar-refractivity contribution in [2.45, 2.75) is 26.0 Å². The van der Waals surface area contributed by atoms with Crippen LogP contribution in [0.1, 0.15) is 29.7 Å². The minimum atomic E-state index is -0.596. The van der Waals surface area contributed by atoms with E-state index in [0.717, 1.165) is 6.42 Å². The van der Waals surface area contributed by atoms with Crippen LogP contribution in [0.15, 0.2) is 45.8 Å². The van der Waals surface area contributed by atoms with E-state index in [-0.39, 0.29) is 11.9 Å². The van der Waals surface area contributed by atoms with E-state index in [1.54, 1.807) is 25.2 Å². The van der Waals surface area contributed by atoms with Gasteiger partial charge in [0.25, 0.3) is 5.91 Å². The molecule has 0 aliphatic carbocycles. The third-order valence-electron chi connectivity index (χ3n) is 3.64. The number of rotatable bonds is 8. The van der Waals surface area contributed by atoms with Crippen molar-refractivity contribution in [3.05, 3.63) is 52.9 Å². The van der Waals surface area contributed by atoms with Crippen LogP contribution in [-0.2, 0) is 6.54 Å². The number of primary amides is 1. The van der Waals surface area contributed by atoms with E-state index in [4.69, 9.17) is 26.5 Å². The Bertz CT molecular complexity index is 760. The highest BCUT2D eigenvalue weighted by Crippen LogP contribution is 2.24. The first-order chi connectivity index (χ1) is 12.5. The first-order valence-corrected chi connectivity index (χ1v) is 8.65. The highest BCUT2D eigenvalue weighted by Gasteiger charge is 2.12.